The molecule has 2 aromatic carbocycles. The van der Waals surface area contributed by atoms with Gasteiger partial charge in [0.25, 0.3) is 0 Å². The summed E-state index contributed by atoms with van der Waals surface area (Å²) >= 11 is 11.8. The van der Waals surface area contributed by atoms with Gasteiger partial charge in [-0.3, -0.25) is 4.79 Å². The summed E-state index contributed by atoms with van der Waals surface area (Å²) in [6.07, 6.45) is 3.24. The van der Waals surface area contributed by atoms with Crippen molar-refractivity contribution in [2.24, 2.45) is 0 Å². The lowest BCUT2D eigenvalue weighted by Gasteiger charge is -2.08. The lowest BCUT2D eigenvalue weighted by molar-refractivity contribution is -0.111. The highest BCUT2D eigenvalue weighted by Crippen LogP contribution is 2.28. The normalized spacial score (nSPS) is 10.8. The van der Waals surface area contributed by atoms with E-state index < -0.39 is 0 Å². The second-order valence-electron chi connectivity index (χ2n) is 4.31. The maximum atomic E-state index is 11.9. The van der Waals surface area contributed by atoms with E-state index in [2.05, 4.69) is 5.32 Å². The molecule has 20 heavy (non-hydrogen) atoms. The van der Waals surface area contributed by atoms with Gasteiger partial charge in [0, 0.05) is 11.8 Å². The molecule has 1 amide bonds. The molecule has 0 spiro atoms. The minimum absolute atomic E-state index is 0.213. The summed E-state index contributed by atoms with van der Waals surface area (Å²) in [5.41, 5.74) is 2.48. The number of anilines is 1. The highest BCUT2D eigenvalue weighted by Gasteiger charge is 2.06. The Labute approximate surface area is 128 Å². The molecule has 0 aliphatic rings. The molecule has 0 fully saturated rings. The predicted octanol–water partition coefficient (Wildman–Crippen LogP) is 4.95. The van der Waals surface area contributed by atoms with Crippen molar-refractivity contribution < 1.29 is 4.79 Å². The maximum absolute atomic E-state index is 11.9. The van der Waals surface area contributed by atoms with E-state index in [9.17, 15) is 4.79 Å². The predicted molar refractivity (Wildman–Crippen MR) is 85.3 cm³/mol. The largest absolute Gasteiger partial charge is 0.322 e. The Morgan fingerprint density at radius 2 is 1.75 bits per heavy atom. The van der Waals surface area contributed by atoms with E-state index >= 15 is 0 Å². The number of aryl methyl sites for hydroxylation is 1. The third-order valence-electron chi connectivity index (χ3n) is 2.75. The Hall–Kier alpha value is -1.77. The third-order valence-corrected chi connectivity index (χ3v) is 3.47. The number of benzene rings is 2. The average Bonchev–Trinajstić information content (AvgIpc) is 2.44. The van der Waals surface area contributed by atoms with Gasteiger partial charge >= 0.3 is 0 Å². The zero-order chi connectivity index (χ0) is 14.5. The first-order chi connectivity index (χ1) is 9.56. The summed E-state index contributed by atoms with van der Waals surface area (Å²) in [7, 11) is 0. The number of amides is 1. The molecule has 0 radical (unpaired) electrons. The summed E-state index contributed by atoms with van der Waals surface area (Å²) in [6, 6.07) is 13.0. The zero-order valence-electron chi connectivity index (χ0n) is 10.9. The number of carbonyl (C=O) groups is 1. The molecule has 1 N–H and O–H groups in total. The molecule has 0 aliphatic heterocycles. The van der Waals surface area contributed by atoms with Crippen LogP contribution in [0.5, 0.6) is 0 Å². The summed E-state index contributed by atoms with van der Waals surface area (Å²) in [5.74, 6) is -0.213. The van der Waals surface area contributed by atoms with Gasteiger partial charge in [0.05, 0.1) is 10.0 Å². The van der Waals surface area contributed by atoms with E-state index in [4.69, 9.17) is 23.2 Å². The highest BCUT2D eigenvalue weighted by atomic mass is 35.5. The molecule has 0 bridgehead atoms. The third kappa shape index (κ3) is 3.86. The lowest BCUT2D eigenvalue weighted by atomic mass is 10.2. The van der Waals surface area contributed by atoms with E-state index in [1.807, 2.05) is 37.3 Å². The van der Waals surface area contributed by atoms with Crippen LogP contribution in [0, 0.1) is 6.92 Å². The van der Waals surface area contributed by atoms with Crippen molar-refractivity contribution in [2.75, 3.05) is 5.32 Å². The number of halogens is 2. The molecular formula is C16H13Cl2NO. The summed E-state index contributed by atoms with van der Waals surface area (Å²) in [4.78, 5) is 11.9. The second kappa shape index (κ2) is 6.60. The summed E-state index contributed by atoms with van der Waals surface area (Å²) in [5, 5.41) is 3.67. The van der Waals surface area contributed by atoms with E-state index in [0.29, 0.717) is 15.7 Å². The second-order valence-corrected chi connectivity index (χ2v) is 5.13. The maximum Gasteiger partial charge on any atom is 0.248 e. The van der Waals surface area contributed by atoms with Crippen molar-refractivity contribution in [1.82, 2.24) is 0 Å². The fourth-order valence-corrected chi connectivity index (χ4v) is 2.07. The lowest BCUT2D eigenvalue weighted by Crippen LogP contribution is -2.09. The van der Waals surface area contributed by atoms with E-state index in [-0.39, 0.29) is 5.91 Å². The molecule has 2 aromatic rings. The Morgan fingerprint density at radius 3 is 2.45 bits per heavy atom. The van der Waals surface area contributed by atoms with Crippen molar-refractivity contribution in [1.29, 1.82) is 0 Å². The van der Waals surface area contributed by atoms with Gasteiger partial charge in [-0.25, -0.2) is 0 Å². The highest BCUT2D eigenvalue weighted by molar-refractivity contribution is 6.42. The van der Waals surface area contributed by atoms with E-state index in [1.54, 1.807) is 18.2 Å². The molecular weight excluding hydrogens is 293 g/mol. The number of carbonyl (C=O) groups excluding carboxylic acids is 1. The van der Waals surface area contributed by atoms with Crippen LogP contribution in [0.3, 0.4) is 0 Å². The number of nitrogens with one attached hydrogen (secondary N) is 1. The van der Waals surface area contributed by atoms with Crippen LogP contribution in [-0.4, -0.2) is 5.91 Å². The van der Waals surface area contributed by atoms with Crippen LogP contribution in [0.15, 0.2) is 48.5 Å². The van der Waals surface area contributed by atoms with Crippen LogP contribution in [0.4, 0.5) is 5.69 Å². The van der Waals surface area contributed by atoms with Crippen LogP contribution in [0.25, 0.3) is 6.08 Å². The minimum atomic E-state index is -0.213. The van der Waals surface area contributed by atoms with Gasteiger partial charge in [-0.05, 0) is 36.3 Å². The van der Waals surface area contributed by atoms with Crippen molar-refractivity contribution in [2.45, 2.75) is 6.92 Å². The van der Waals surface area contributed by atoms with Crippen LogP contribution < -0.4 is 5.32 Å². The standard InChI is InChI=1S/C16H13Cl2NO/c1-11-9-13(17)14(18)10-15(11)19-16(20)8-7-12-5-3-2-4-6-12/h2-10H,1H3,(H,19,20)/b8-7-. The van der Waals surface area contributed by atoms with Crippen molar-refractivity contribution >= 4 is 40.9 Å². The van der Waals surface area contributed by atoms with E-state index in [1.165, 1.54) is 6.08 Å². The molecule has 2 nitrogen and oxygen atoms in total. The molecule has 0 aliphatic carbocycles. The van der Waals surface area contributed by atoms with Gasteiger partial charge in [-0.1, -0.05) is 53.5 Å². The van der Waals surface area contributed by atoms with Crippen molar-refractivity contribution in [3.05, 3.63) is 69.7 Å². The SMILES string of the molecule is Cc1cc(Cl)c(Cl)cc1NC(=O)/C=C\c1ccccc1. The number of hydrogen-bond donors (Lipinski definition) is 1. The molecule has 0 unspecified atom stereocenters. The smallest absolute Gasteiger partial charge is 0.248 e. The Morgan fingerprint density at radius 1 is 1.10 bits per heavy atom. The van der Waals surface area contributed by atoms with Crippen LogP contribution >= 0.6 is 23.2 Å². The van der Waals surface area contributed by atoms with Crippen molar-refractivity contribution in [3.8, 4) is 0 Å². The topological polar surface area (TPSA) is 29.1 Å². The quantitative estimate of drug-likeness (QED) is 0.798. The Balaban J connectivity index is 2.09. The monoisotopic (exact) mass is 305 g/mol. The molecule has 0 heterocycles. The molecule has 4 heteroatoms. The van der Waals surface area contributed by atoms with Gasteiger partial charge in [0.1, 0.15) is 0 Å². The first-order valence-corrected chi connectivity index (χ1v) is 6.81. The minimum Gasteiger partial charge on any atom is -0.322 e. The van der Waals surface area contributed by atoms with Crippen molar-refractivity contribution in [3.63, 3.8) is 0 Å². The zero-order valence-corrected chi connectivity index (χ0v) is 12.4. The van der Waals surface area contributed by atoms with E-state index in [0.717, 1.165) is 11.1 Å². The molecule has 0 atom stereocenters. The Bertz CT molecular complexity index is 651. The average molecular weight is 306 g/mol. The fourth-order valence-electron chi connectivity index (χ4n) is 1.69. The first-order valence-electron chi connectivity index (χ1n) is 6.06. The number of rotatable bonds is 3. The van der Waals surface area contributed by atoms with Crippen LogP contribution in [0.1, 0.15) is 11.1 Å². The number of hydrogen-bond acceptors (Lipinski definition) is 1. The fraction of sp³-hybridized carbons (Fsp3) is 0.0625. The van der Waals surface area contributed by atoms with Gasteiger partial charge in [-0.2, -0.15) is 0 Å². The van der Waals surface area contributed by atoms with Gasteiger partial charge in [0.15, 0.2) is 0 Å². The van der Waals surface area contributed by atoms with Gasteiger partial charge in [0.2, 0.25) is 5.91 Å². The molecule has 2 rings (SSSR count). The molecule has 0 saturated heterocycles. The Kier molecular flexibility index (Phi) is 4.83. The molecule has 0 saturated carbocycles. The van der Waals surface area contributed by atoms with Crippen LogP contribution in [-0.2, 0) is 4.79 Å². The summed E-state index contributed by atoms with van der Waals surface area (Å²) < 4.78 is 0. The van der Waals surface area contributed by atoms with Gasteiger partial charge < -0.3 is 5.32 Å². The molecule has 0 aromatic heterocycles. The van der Waals surface area contributed by atoms with Crippen LogP contribution in [0.2, 0.25) is 10.0 Å². The summed E-state index contributed by atoms with van der Waals surface area (Å²) in [6.45, 7) is 1.86. The van der Waals surface area contributed by atoms with Gasteiger partial charge in [-0.15, -0.1) is 0 Å². The molecule has 102 valence electrons. The first kappa shape index (κ1) is 14.6.